The lowest BCUT2D eigenvalue weighted by atomic mass is 10.0. The first-order chi connectivity index (χ1) is 32.2. The van der Waals surface area contributed by atoms with E-state index in [4.69, 9.17) is 14.2 Å². The van der Waals surface area contributed by atoms with E-state index in [1.165, 1.54) is 225 Å². The molecule has 0 bridgehead atoms. The van der Waals surface area contributed by atoms with Crippen molar-refractivity contribution in [2.45, 2.75) is 343 Å². The summed E-state index contributed by atoms with van der Waals surface area (Å²) in [6.07, 6.45) is 56.9. The minimum Gasteiger partial charge on any atom is -0.462 e. The zero-order valence-corrected chi connectivity index (χ0v) is 45.3. The predicted molar refractivity (Wildman–Crippen MR) is 284 cm³/mol. The van der Waals surface area contributed by atoms with E-state index in [9.17, 15) is 14.4 Å². The summed E-state index contributed by atoms with van der Waals surface area (Å²) in [6.45, 7) is 11.4. The number of ether oxygens (including phenoxy) is 3. The van der Waals surface area contributed by atoms with Crippen LogP contribution >= 0.6 is 0 Å². The Kier molecular flexibility index (Phi) is 51.5. The summed E-state index contributed by atoms with van der Waals surface area (Å²) >= 11 is 0. The number of rotatable bonds is 54. The summed E-state index contributed by atoms with van der Waals surface area (Å²) in [6, 6.07) is 0. The Bertz CT molecular complexity index is 1010. The van der Waals surface area contributed by atoms with Gasteiger partial charge in [0.25, 0.3) is 0 Å². The van der Waals surface area contributed by atoms with Gasteiger partial charge in [0.15, 0.2) is 6.10 Å². The Labute approximate surface area is 412 Å². The summed E-state index contributed by atoms with van der Waals surface area (Å²) in [5.41, 5.74) is 0. The Morgan fingerprint density at radius 2 is 0.500 bits per heavy atom. The smallest absolute Gasteiger partial charge is 0.306 e. The number of unbranched alkanes of at least 4 members (excludes halogenated alkanes) is 39. The molecule has 0 rings (SSSR count). The molecule has 0 heterocycles. The highest BCUT2D eigenvalue weighted by Gasteiger charge is 2.19. The Morgan fingerprint density at radius 3 is 0.742 bits per heavy atom. The number of hydrogen-bond acceptors (Lipinski definition) is 6. The fraction of sp³-hybridized carbons (Fsp3) is 0.950. The molecule has 1 atom stereocenters. The zero-order valence-electron chi connectivity index (χ0n) is 45.3. The predicted octanol–water partition coefficient (Wildman–Crippen LogP) is 19.7. The van der Waals surface area contributed by atoms with Crippen LogP contribution in [0.5, 0.6) is 0 Å². The summed E-state index contributed by atoms with van der Waals surface area (Å²) in [7, 11) is 0. The van der Waals surface area contributed by atoms with Gasteiger partial charge in [0.2, 0.25) is 0 Å². The van der Waals surface area contributed by atoms with Crippen molar-refractivity contribution in [1.29, 1.82) is 0 Å². The van der Waals surface area contributed by atoms with Gasteiger partial charge in [-0.3, -0.25) is 14.4 Å². The van der Waals surface area contributed by atoms with Crippen LogP contribution in [0.25, 0.3) is 0 Å². The van der Waals surface area contributed by atoms with Crippen LogP contribution in [0.3, 0.4) is 0 Å². The van der Waals surface area contributed by atoms with Crippen LogP contribution in [0.2, 0.25) is 0 Å². The average molecular weight is 934 g/mol. The van der Waals surface area contributed by atoms with E-state index in [0.29, 0.717) is 19.3 Å². The third-order valence-corrected chi connectivity index (χ3v) is 13.7. The minimum atomic E-state index is -0.763. The van der Waals surface area contributed by atoms with Crippen molar-refractivity contribution >= 4 is 17.9 Å². The number of carbonyl (C=O) groups is 3. The molecular weight excluding hydrogens is 817 g/mol. The van der Waals surface area contributed by atoms with E-state index >= 15 is 0 Å². The van der Waals surface area contributed by atoms with Gasteiger partial charge in [0.1, 0.15) is 13.2 Å². The largest absolute Gasteiger partial charge is 0.462 e. The first-order valence-electron chi connectivity index (χ1n) is 29.7. The molecule has 0 aliphatic carbocycles. The van der Waals surface area contributed by atoms with Gasteiger partial charge in [0.05, 0.1) is 0 Å². The van der Waals surface area contributed by atoms with Crippen molar-refractivity contribution < 1.29 is 28.6 Å². The monoisotopic (exact) mass is 933 g/mol. The summed E-state index contributed by atoms with van der Waals surface area (Å²) in [5.74, 6) is 0.778. The number of esters is 3. The average Bonchev–Trinajstić information content (AvgIpc) is 3.29. The summed E-state index contributed by atoms with van der Waals surface area (Å²) in [5, 5.41) is 0. The van der Waals surface area contributed by atoms with Gasteiger partial charge in [0, 0.05) is 19.3 Å². The molecule has 0 aliphatic heterocycles. The van der Waals surface area contributed by atoms with E-state index in [1.807, 2.05) is 0 Å². The molecule has 0 radical (unpaired) electrons. The van der Waals surface area contributed by atoms with Gasteiger partial charge in [-0.15, -0.1) is 0 Å². The first-order valence-corrected chi connectivity index (χ1v) is 29.7. The maximum absolute atomic E-state index is 12.9. The van der Waals surface area contributed by atoms with Crippen molar-refractivity contribution in [3.63, 3.8) is 0 Å². The second-order valence-electron chi connectivity index (χ2n) is 21.6. The van der Waals surface area contributed by atoms with E-state index < -0.39 is 6.10 Å². The quantitative estimate of drug-likeness (QED) is 0.0343. The molecule has 0 unspecified atom stereocenters. The third-order valence-electron chi connectivity index (χ3n) is 13.7. The molecule has 0 N–H and O–H groups in total. The van der Waals surface area contributed by atoms with Crippen LogP contribution in [0.4, 0.5) is 0 Å². The van der Waals surface area contributed by atoms with Crippen molar-refractivity contribution in [2.24, 2.45) is 11.8 Å². The van der Waals surface area contributed by atoms with Crippen LogP contribution in [-0.2, 0) is 28.6 Å². The highest BCUT2D eigenvalue weighted by molar-refractivity contribution is 5.71. The molecular formula is C60H116O6. The van der Waals surface area contributed by atoms with E-state index in [1.54, 1.807) is 0 Å². The fourth-order valence-corrected chi connectivity index (χ4v) is 9.23. The lowest BCUT2D eigenvalue weighted by Gasteiger charge is -2.18. The second-order valence-corrected chi connectivity index (χ2v) is 21.6. The fourth-order valence-electron chi connectivity index (χ4n) is 9.23. The Balaban J connectivity index is 4.18. The molecule has 0 saturated heterocycles. The van der Waals surface area contributed by atoms with E-state index in [-0.39, 0.29) is 31.1 Å². The molecule has 0 aliphatic rings. The summed E-state index contributed by atoms with van der Waals surface area (Å²) in [4.78, 5) is 38.1. The molecule has 6 heteroatoms. The Hall–Kier alpha value is -1.59. The minimum absolute atomic E-state index is 0.0634. The first kappa shape index (κ1) is 64.4. The van der Waals surface area contributed by atoms with Crippen LogP contribution in [0.15, 0.2) is 0 Å². The van der Waals surface area contributed by atoms with Crippen LogP contribution in [0, 0.1) is 11.8 Å². The maximum Gasteiger partial charge on any atom is 0.306 e. The van der Waals surface area contributed by atoms with E-state index in [0.717, 1.165) is 69.6 Å². The highest BCUT2D eigenvalue weighted by Crippen LogP contribution is 2.18. The van der Waals surface area contributed by atoms with Crippen LogP contribution in [0.1, 0.15) is 336 Å². The molecule has 0 spiro atoms. The lowest BCUT2D eigenvalue weighted by molar-refractivity contribution is -0.167. The topological polar surface area (TPSA) is 78.9 Å². The van der Waals surface area contributed by atoms with Gasteiger partial charge in [-0.2, -0.15) is 0 Å². The molecule has 0 amide bonds. The highest BCUT2D eigenvalue weighted by atomic mass is 16.6. The normalized spacial score (nSPS) is 12.0. The van der Waals surface area contributed by atoms with Gasteiger partial charge < -0.3 is 14.2 Å². The van der Waals surface area contributed by atoms with Gasteiger partial charge in [-0.1, -0.05) is 298 Å². The summed E-state index contributed by atoms with van der Waals surface area (Å²) < 4.78 is 16.9. The Morgan fingerprint density at radius 1 is 0.288 bits per heavy atom. The standard InChI is InChI=1S/C60H116O6/c1-6-7-8-9-10-11-12-13-14-15-19-22-25-28-31-34-40-45-50-58(61)64-53-57(54-65-59(62)51-46-41-37-36-39-44-49-56(4)5)66-60(63)52-47-42-35-32-29-26-23-20-17-16-18-21-24-27-30-33-38-43-48-55(2)3/h55-57H,6-54H2,1-5H3/t57-/m0/s1. The molecule has 392 valence electrons. The van der Waals surface area contributed by atoms with Crippen molar-refractivity contribution in [3.05, 3.63) is 0 Å². The lowest BCUT2D eigenvalue weighted by Crippen LogP contribution is -2.30. The van der Waals surface area contributed by atoms with Gasteiger partial charge in [-0.25, -0.2) is 0 Å². The van der Waals surface area contributed by atoms with Crippen molar-refractivity contribution in [2.75, 3.05) is 13.2 Å². The van der Waals surface area contributed by atoms with Crippen LogP contribution in [-0.4, -0.2) is 37.2 Å². The third kappa shape index (κ3) is 53.4. The maximum atomic E-state index is 12.9. The SMILES string of the molecule is CCCCCCCCCCCCCCCCCCCCC(=O)OC[C@@H](COC(=O)CCCCCCCCC(C)C)OC(=O)CCCCCCCCCCCCCCCCCCCCC(C)C. The molecule has 0 aromatic rings. The van der Waals surface area contributed by atoms with Gasteiger partial charge in [-0.05, 0) is 31.1 Å². The van der Waals surface area contributed by atoms with Crippen molar-refractivity contribution in [1.82, 2.24) is 0 Å². The molecule has 0 saturated carbocycles. The van der Waals surface area contributed by atoms with Crippen molar-refractivity contribution in [3.8, 4) is 0 Å². The van der Waals surface area contributed by atoms with Gasteiger partial charge >= 0.3 is 17.9 Å². The molecule has 66 heavy (non-hydrogen) atoms. The second kappa shape index (κ2) is 52.8. The molecule has 0 fully saturated rings. The zero-order chi connectivity index (χ0) is 48.2. The molecule has 6 nitrogen and oxygen atoms in total. The molecule has 0 aromatic heterocycles. The molecule has 0 aromatic carbocycles. The number of carbonyl (C=O) groups excluding carboxylic acids is 3. The number of hydrogen-bond donors (Lipinski definition) is 0. The van der Waals surface area contributed by atoms with E-state index in [2.05, 4.69) is 34.6 Å². The van der Waals surface area contributed by atoms with Crippen LogP contribution < -0.4 is 0 Å².